The second-order valence-corrected chi connectivity index (χ2v) is 5.33. The first-order chi connectivity index (χ1) is 11.0. The molecule has 0 aliphatic heterocycles. The van der Waals surface area contributed by atoms with Gasteiger partial charge in [0.1, 0.15) is 5.82 Å². The lowest BCUT2D eigenvalue weighted by atomic mass is 10.1. The third-order valence-corrected chi connectivity index (χ3v) is 3.31. The zero-order chi connectivity index (χ0) is 16.4. The van der Waals surface area contributed by atoms with Crippen LogP contribution in [0.5, 0.6) is 0 Å². The van der Waals surface area contributed by atoms with Gasteiger partial charge in [-0.3, -0.25) is 0 Å². The highest BCUT2D eigenvalue weighted by Gasteiger charge is 2.15. The number of rotatable bonds is 5. The van der Waals surface area contributed by atoms with Gasteiger partial charge < -0.3 is 13.9 Å². The van der Waals surface area contributed by atoms with Crippen molar-refractivity contribution in [3.8, 4) is 11.4 Å². The van der Waals surface area contributed by atoms with Crippen LogP contribution in [-0.4, -0.2) is 34.4 Å². The van der Waals surface area contributed by atoms with E-state index in [4.69, 9.17) is 9.05 Å². The first kappa shape index (κ1) is 15.1. The summed E-state index contributed by atoms with van der Waals surface area (Å²) < 4.78 is 24.3. The van der Waals surface area contributed by atoms with Crippen LogP contribution in [0.25, 0.3) is 11.4 Å². The maximum Gasteiger partial charge on any atom is 0.265 e. The summed E-state index contributed by atoms with van der Waals surface area (Å²) in [6.45, 7) is 1.69. The molecule has 23 heavy (non-hydrogen) atoms. The Labute approximate surface area is 132 Å². The fourth-order valence-corrected chi connectivity index (χ4v) is 2.03. The van der Waals surface area contributed by atoms with Gasteiger partial charge in [-0.1, -0.05) is 17.3 Å². The van der Waals surface area contributed by atoms with Crippen LogP contribution in [0.4, 0.5) is 10.3 Å². The molecule has 0 aliphatic rings. The van der Waals surface area contributed by atoms with E-state index in [0.717, 1.165) is 0 Å². The highest BCUT2D eigenvalue weighted by Crippen LogP contribution is 2.22. The van der Waals surface area contributed by atoms with Gasteiger partial charge in [0, 0.05) is 26.9 Å². The van der Waals surface area contributed by atoms with Crippen LogP contribution in [0, 0.1) is 12.7 Å². The Balaban J connectivity index is 1.71. The molecule has 0 radical (unpaired) electrons. The topological polar surface area (TPSA) is 81.1 Å². The summed E-state index contributed by atoms with van der Waals surface area (Å²) in [5.74, 6) is 1.28. The second kappa shape index (κ2) is 6.15. The largest absolute Gasteiger partial charge is 0.344 e. The molecule has 0 N–H and O–H groups in total. The minimum Gasteiger partial charge on any atom is -0.344 e. The first-order valence-corrected chi connectivity index (χ1v) is 7.12. The SMILES string of the molecule is Cc1cccc(-c2noc(CCc3nc(N(C)C)no3)n2)c1F. The molecule has 0 unspecified atom stereocenters. The highest BCUT2D eigenvalue weighted by molar-refractivity contribution is 5.56. The van der Waals surface area contributed by atoms with Crippen molar-refractivity contribution in [2.75, 3.05) is 19.0 Å². The van der Waals surface area contributed by atoms with Crippen molar-refractivity contribution in [1.82, 2.24) is 20.3 Å². The predicted octanol–water partition coefficient (Wildman–Crippen LogP) is 2.42. The third-order valence-electron chi connectivity index (χ3n) is 3.31. The number of nitrogens with zero attached hydrogens (tertiary/aromatic N) is 5. The molecule has 7 nitrogen and oxygen atoms in total. The summed E-state index contributed by atoms with van der Waals surface area (Å²) in [7, 11) is 3.66. The molecule has 8 heteroatoms. The van der Waals surface area contributed by atoms with Gasteiger partial charge in [0.15, 0.2) is 0 Å². The van der Waals surface area contributed by atoms with Gasteiger partial charge in [-0.05, 0) is 23.7 Å². The molecule has 0 saturated carbocycles. The molecule has 3 aromatic rings. The maximum absolute atomic E-state index is 14.1. The highest BCUT2D eigenvalue weighted by atomic mass is 19.1. The lowest BCUT2D eigenvalue weighted by Gasteiger charge is -2.02. The number of hydrogen-bond donors (Lipinski definition) is 0. The monoisotopic (exact) mass is 317 g/mol. The van der Waals surface area contributed by atoms with Gasteiger partial charge in [0.2, 0.25) is 17.6 Å². The molecule has 120 valence electrons. The first-order valence-electron chi connectivity index (χ1n) is 7.12. The molecule has 1 aromatic carbocycles. The summed E-state index contributed by atoms with van der Waals surface area (Å²) >= 11 is 0. The summed E-state index contributed by atoms with van der Waals surface area (Å²) in [4.78, 5) is 10.2. The Morgan fingerprint density at radius 3 is 2.43 bits per heavy atom. The van der Waals surface area contributed by atoms with E-state index in [2.05, 4.69) is 20.3 Å². The van der Waals surface area contributed by atoms with Crippen molar-refractivity contribution in [2.24, 2.45) is 0 Å². The lowest BCUT2D eigenvalue weighted by molar-refractivity contribution is 0.354. The van der Waals surface area contributed by atoms with Crippen LogP contribution in [0.1, 0.15) is 17.3 Å². The number of anilines is 1. The maximum atomic E-state index is 14.1. The van der Waals surface area contributed by atoms with Gasteiger partial charge in [-0.2, -0.15) is 9.97 Å². The molecule has 3 rings (SSSR count). The second-order valence-electron chi connectivity index (χ2n) is 5.33. The molecule has 0 aliphatic carbocycles. The number of benzene rings is 1. The minimum absolute atomic E-state index is 0.237. The quantitative estimate of drug-likeness (QED) is 0.714. The van der Waals surface area contributed by atoms with Crippen LogP contribution in [-0.2, 0) is 12.8 Å². The molecule has 0 fully saturated rings. The normalized spacial score (nSPS) is 11.0. The summed E-state index contributed by atoms with van der Waals surface area (Å²) in [5.41, 5.74) is 0.864. The van der Waals surface area contributed by atoms with E-state index in [-0.39, 0.29) is 11.6 Å². The third kappa shape index (κ3) is 3.20. The Bertz CT molecular complexity index is 812. The summed E-state index contributed by atoms with van der Waals surface area (Å²) in [6.07, 6.45) is 0.911. The Hall–Kier alpha value is -2.77. The average molecular weight is 317 g/mol. The summed E-state index contributed by atoms with van der Waals surface area (Å²) in [5, 5.41) is 7.66. The number of halogens is 1. The zero-order valence-electron chi connectivity index (χ0n) is 13.1. The molecular weight excluding hydrogens is 301 g/mol. The van der Waals surface area contributed by atoms with E-state index in [1.54, 1.807) is 30.0 Å². The molecule has 0 atom stereocenters. The number of aromatic nitrogens is 4. The fraction of sp³-hybridized carbons (Fsp3) is 0.333. The standard InChI is InChI=1S/C15H16FN5O2/c1-9-5-4-6-10(13(9)16)14-17-11(22-19-14)7-8-12-18-15(20-23-12)21(2)3/h4-6H,7-8H2,1-3H3. The number of aryl methyl sites for hydroxylation is 3. The van der Waals surface area contributed by atoms with Crippen LogP contribution < -0.4 is 4.90 Å². The molecular formula is C15H16FN5O2. The van der Waals surface area contributed by atoms with E-state index in [9.17, 15) is 4.39 Å². The van der Waals surface area contributed by atoms with Gasteiger partial charge in [-0.15, -0.1) is 0 Å². The van der Waals surface area contributed by atoms with Crippen molar-refractivity contribution < 1.29 is 13.4 Å². The molecule has 0 saturated heterocycles. The van der Waals surface area contributed by atoms with Crippen molar-refractivity contribution in [2.45, 2.75) is 19.8 Å². The van der Waals surface area contributed by atoms with Crippen LogP contribution in [0.15, 0.2) is 27.2 Å². The average Bonchev–Trinajstić information content (AvgIpc) is 3.17. The minimum atomic E-state index is -0.340. The van der Waals surface area contributed by atoms with Crippen molar-refractivity contribution >= 4 is 5.95 Å². The smallest absolute Gasteiger partial charge is 0.265 e. The summed E-state index contributed by atoms with van der Waals surface area (Å²) in [6, 6.07) is 5.07. The van der Waals surface area contributed by atoms with Gasteiger partial charge >= 0.3 is 0 Å². The lowest BCUT2D eigenvalue weighted by Crippen LogP contribution is -2.10. The van der Waals surface area contributed by atoms with E-state index in [1.165, 1.54) is 0 Å². The number of hydrogen-bond acceptors (Lipinski definition) is 7. The van der Waals surface area contributed by atoms with Crippen LogP contribution in [0.2, 0.25) is 0 Å². The Kier molecular flexibility index (Phi) is 4.05. The molecule has 0 amide bonds. The molecule has 0 spiro atoms. The van der Waals surface area contributed by atoms with Crippen molar-refractivity contribution in [1.29, 1.82) is 0 Å². The van der Waals surface area contributed by atoms with Crippen molar-refractivity contribution in [3.05, 3.63) is 41.4 Å². The molecule has 2 aromatic heterocycles. The molecule has 0 bridgehead atoms. The van der Waals surface area contributed by atoms with E-state index in [1.807, 2.05) is 14.1 Å². The van der Waals surface area contributed by atoms with Gasteiger partial charge in [0.05, 0.1) is 5.56 Å². The molecule has 2 heterocycles. The van der Waals surface area contributed by atoms with Gasteiger partial charge in [0.25, 0.3) is 5.95 Å². The van der Waals surface area contributed by atoms with E-state index >= 15 is 0 Å². The fourth-order valence-electron chi connectivity index (χ4n) is 2.03. The zero-order valence-corrected chi connectivity index (χ0v) is 13.1. The van der Waals surface area contributed by atoms with Crippen LogP contribution >= 0.6 is 0 Å². The van der Waals surface area contributed by atoms with Crippen LogP contribution in [0.3, 0.4) is 0 Å². The predicted molar refractivity (Wildman–Crippen MR) is 80.5 cm³/mol. The van der Waals surface area contributed by atoms with E-state index < -0.39 is 0 Å². The van der Waals surface area contributed by atoms with Crippen molar-refractivity contribution in [3.63, 3.8) is 0 Å². The van der Waals surface area contributed by atoms with E-state index in [0.29, 0.717) is 41.7 Å². The van der Waals surface area contributed by atoms with Gasteiger partial charge in [-0.25, -0.2) is 4.39 Å². The Morgan fingerprint density at radius 1 is 1.04 bits per heavy atom. The Morgan fingerprint density at radius 2 is 1.74 bits per heavy atom.